The number of methoxy groups -OCH3 is 1. The first-order valence-corrected chi connectivity index (χ1v) is 10.2. The van der Waals surface area contributed by atoms with E-state index in [0.717, 1.165) is 18.2 Å². The molecule has 0 aliphatic heterocycles. The highest BCUT2D eigenvalue weighted by molar-refractivity contribution is 7.89. The topological polar surface area (TPSA) is 105 Å². The Labute approximate surface area is 166 Å². The molecule has 1 amide bonds. The standard InChI is InChI=1S/C19H20F2N2O5S/c1-10-15(20)4-5-16(18(10)21)22-19(25)14-9-13(3-6-17(14)28-2)29(26,27)23-11-7-12(24)8-11/h3-6,9,11-12,23-24H,7-8H2,1-2H3,(H,22,25). The molecule has 3 rings (SSSR count). The van der Waals surface area contributed by atoms with E-state index in [0.29, 0.717) is 12.8 Å². The van der Waals surface area contributed by atoms with Gasteiger partial charge in [0, 0.05) is 11.6 Å². The van der Waals surface area contributed by atoms with Crippen molar-refractivity contribution in [3.8, 4) is 5.75 Å². The molecule has 10 heteroatoms. The number of rotatable bonds is 6. The maximum atomic E-state index is 14.2. The van der Waals surface area contributed by atoms with Gasteiger partial charge in [0.25, 0.3) is 5.91 Å². The van der Waals surface area contributed by atoms with Gasteiger partial charge in [-0.2, -0.15) is 0 Å². The summed E-state index contributed by atoms with van der Waals surface area (Å²) in [5, 5.41) is 11.6. The molecule has 0 unspecified atom stereocenters. The van der Waals surface area contributed by atoms with Crippen LogP contribution in [-0.4, -0.2) is 38.7 Å². The smallest absolute Gasteiger partial charge is 0.259 e. The molecule has 0 spiro atoms. The number of nitrogens with one attached hydrogen (secondary N) is 2. The number of hydrogen-bond acceptors (Lipinski definition) is 5. The molecule has 1 aliphatic carbocycles. The monoisotopic (exact) mass is 426 g/mol. The summed E-state index contributed by atoms with van der Waals surface area (Å²) >= 11 is 0. The predicted molar refractivity (Wildman–Crippen MR) is 101 cm³/mol. The van der Waals surface area contributed by atoms with Gasteiger partial charge in [0.2, 0.25) is 10.0 Å². The number of amides is 1. The molecule has 7 nitrogen and oxygen atoms in total. The van der Waals surface area contributed by atoms with E-state index in [1.165, 1.54) is 26.2 Å². The Morgan fingerprint density at radius 2 is 1.90 bits per heavy atom. The van der Waals surface area contributed by atoms with Crippen molar-refractivity contribution in [3.63, 3.8) is 0 Å². The molecular weight excluding hydrogens is 406 g/mol. The van der Waals surface area contributed by atoms with E-state index >= 15 is 0 Å². The molecular formula is C19H20F2N2O5S. The van der Waals surface area contributed by atoms with Crippen molar-refractivity contribution in [1.82, 2.24) is 4.72 Å². The highest BCUT2D eigenvalue weighted by atomic mass is 32.2. The van der Waals surface area contributed by atoms with Crippen molar-refractivity contribution in [2.45, 2.75) is 36.8 Å². The molecule has 0 heterocycles. The number of aliphatic hydroxyl groups excluding tert-OH is 1. The third-order valence-corrected chi connectivity index (χ3v) is 6.25. The van der Waals surface area contributed by atoms with Gasteiger partial charge in [0.1, 0.15) is 11.6 Å². The van der Waals surface area contributed by atoms with E-state index in [2.05, 4.69) is 10.0 Å². The second kappa shape index (κ2) is 8.05. The average Bonchev–Trinajstić information content (AvgIpc) is 2.66. The van der Waals surface area contributed by atoms with Crippen LogP contribution < -0.4 is 14.8 Å². The molecule has 29 heavy (non-hydrogen) atoms. The molecule has 0 aromatic heterocycles. The minimum absolute atomic E-state index is 0.0831. The van der Waals surface area contributed by atoms with E-state index in [-0.39, 0.29) is 33.5 Å². The van der Waals surface area contributed by atoms with Gasteiger partial charge in [0.05, 0.1) is 29.4 Å². The van der Waals surface area contributed by atoms with Gasteiger partial charge in [-0.3, -0.25) is 4.79 Å². The number of benzene rings is 2. The van der Waals surface area contributed by atoms with Gasteiger partial charge in [-0.05, 0) is 50.1 Å². The highest BCUT2D eigenvalue weighted by Gasteiger charge is 2.32. The molecule has 3 N–H and O–H groups in total. The summed E-state index contributed by atoms with van der Waals surface area (Å²) in [5.74, 6) is -2.41. The van der Waals surface area contributed by atoms with Crippen molar-refractivity contribution in [2.24, 2.45) is 0 Å². The number of hydrogen-bond donors (Lipinski definition) is 3. The van der Waals surface area contributed by atoms with Crippen LogP contribution in [0.5, 0.6) is 5.75 Å². The first kappa shape index (κ1) is 21.2. The van der Waals surface area contributed by atoms with Gasteiger partial charge in [0.15, 0.2) is 5.82 Å². The van der Waals surface area contributed by atoms with Crippen LogP contribution in [0, 0.1) is 18.6 Å². The zero-order chi connectivity index (χ0) is 21.3. The zero-order valence-electron chi connectivity index (χ0n) is 15.7. The van der Waals surface area contributed by atoms with Crippen LogP contribution >= 0.6 is 0 Å². The quantitative estimate of drug-likeness (QED) is 0.658. The highest BCUT2D eigenvalue weighted by Crippen LogP contribution is 2.27. The summed E-state index contributed by atoms with van der Waals surface area (Å²) in [4.78, 5) is 12.5. The Morgan fingerprint density at radius 1 is 1.21 bits per heavy atom. The van der Waals surface area contributed by atoms with Crippen LogP contribution in [0.3, 0.4) is 0 Å². The van der Waals surface area contributed by atoms with Crippen molar-refractivity contribution in [3.05, 3.63) is 53.1 Å². The average molecular weight is 426 g/mol. The summed E-state index contributed by atoms with van der Waals surface area (Å²) in [6.45, 7) is 1.23. The van der Waals surface area contributed by atoms with Gasteiger partial charge in [-0.15, -0.1) is 0 Å². The van der Waals surface area contributed by atoms with E-state index < -0.39 is 33.7 Å². The van der Waals surface area contributed by atoms with E-state index in [1.54, 1.807) is 0 Å². The summed E-state index contributed by atoms with van der Waals surface area (Å²) < 4.78 is 60.3. The number of carbonyl (C=O) groups excluding carboxylic acids is 1. The van der Waals surface area contributed by atoms with Gasteiger partial charge in [-0.25, -0.2) is 21.9 Å². The number of aliphatic hydroxyl groups is 1. The SMILES string of the molecule is COc1ccc(S(=O)(=O)NC2CC(O)C2)cc1C(=O)Nc1ccc(F)c(C)c1F. The van der Waals surface area contributed by atoms with Crippen molar-refractivity contribution in [2.75, 3.05) is 12.4 Å². The molecule has 2 aromatic carbocycles. The predicted octanol–water partition coefficient (Wildman–Crippen LogP) is 2.34. The summed E-state index contributed by atoms with van der Waals surface area (Å²) in [7, 11) is -2.64. The molecule has 0 bridgehead atoms. The minimum atomic E-state index is -3.94. The Kier molecular flexibility index (Phi) is 5.87. The lowest BCUT2D eigenvalue weighted by Crippen LogP contribution is -2.46. The molecule has 2 aromatic rings. The molecule has 1 aliphatic rings. The molecule has 156 valence electrons. The fourth-order valence-corrected chi connectivity index (χ4v) is 4.24. The Hall–Kier alpha value is -2.56. The summed E-state index contributed by atoms with van der Waals surface area (Å²) in [6.07, 6.45) is 0.0895. The third kappa shape index (κ3) is 4.39. The first-order chi connectivity index (χ1) is 13.6. The lowest BCUT2D eigenvalue weighted by Gasteiger charge is -2.31. The van der Waals surface area contributed by atoms with Crippen molar-refractivity contribution in [1.29, 1.82) is 0 Å². The number of ether oxygens (including phenoxy) is 1. The van der Waals surface area contributed by atoms with Gasteiger partial charge < -0.3 is 15.2 Å². The lowest BCUT2D eigenvalue weighted by atomic mass is 9.91. The van der Waals surface area contributed by atoms with Crippen molar-refractivity contribution >= 4 is 21.6 Å². The fourth-order valence-electron chi connectivity index (χ4n) is 2.95. The summed E-state index contributed by atoms with van der Waals surface area (Å²) in [5.41, 5.74) is -0.630. The second-order valence-corrected chi connectivity index (χ2v) is 8.51. The van der Waals surface area contributed by atoms with Crippen LogP contribution in [0.25, 0.3) is 0 Å². The van der Waals surface area contributed by atoms with Gasteiger partial charge in [-0.1, -0.05) is 0 Å². The Bertz CT molecular complexity index is 1050. The molecule has 1 saturated carbocycles. The van der Waals surface area contributed by atoms with Crippen molar-refractivity contribution < 1.29 is 31.8 Å². The summed E-state index contributed by atoms with van der Waals surface area (Å²) in [6, 6.07) is 5.40. The number of sulfonamides is 1. The molecule has 0 saturated heterocycles. The van der Waals surface area contributed by atoms with E-state index in [9.17, 15) is 27.1 Å². The van der Waals surface area contributed by atoms with Crippen LogP contribution in [0.4, 0.5) is 14.5 Å². The van der Waals surface area contributed by atoms with E-state index in [1.807, 2.05) is 0 Å². The number of halogens is 2. The number of anilines is 1. The van der Waals surface area contributed by atoms with E-state index in [4.69, 9.17) is 4.74 Å². The van der Waals surface area contributed by atoms with Gasteiger partial charge >= 0.3 is 0 Å². The van der Waals surface area contributed by atoms with Crippen LogP contribution in [0.15, 0.2) is 35.2 Å². The Balaban J connectivity index is 1.89. The Morgan fingerprint density at radius 3 is 2.52 bits per heavy atom. The minimum Gasteiger partial charge on any atom is -0.496 e. The van der Waals surface area contributed by atoms with Crippen LogP contribution in [0.2, 0.25) is 0 Å². The molecule has 0 radical (unpaired) electrons. The van der Waals surface area contributed by atoms with Crippen LogP contribution in [-0.2, 0) is 10.0 Å². The normalized spacial score (nSPS) is 18.8. The molecule has 1 fully saturated rings. The second-order valence-electron chi connectivity index (χ2n) is 6.79. The fraction of sp³-hybridized carbons (Fsp3) is 0.316. The zero-order valence-corrected chi connectivity index (χ0v) is 16.5. The largest absolute Gasteiger partial charge is 0.496 e. The maximum Gasteiger partial charge on any atom is 0.259 e. The maximum absolute atomic E-state index is 14.2. The first-order valence-electron chi connectivity index (χ1n) is 8.76. The lowest BCUT2D eigenvalue weighted by molar-refractivity contribution is 0.0712. The number of carbonyl (C=O) groups is 1. The molecule has 0 atom stereocenters. The van der Waals surface area contributed by atoms with Crippen LogP contribution in [0.1, 0.15) is 28.8 Å². The third-order valence-electron chi connectivity index (χ3n) is 4.73.